The molecule has 2 aliphatic carbocycles. The molecule has 2 aromatic rings. The predicted octanol–water partition coefficient (Wildman–Crippen LogP) is 1.51. The molecule has 2 fully saturated rings. The summed E-state index contributed by atoms with van der Waals surface area (Å²) in [6.07, 6.45) is 9.93. The number of aromatic amines is 1. The molecule has 9 heteroatoms. The number of aldehydes is 1. The Kier molecular flexibility index (Phi) is 4.55. The van der Waals surface area contributed by atoms with Crippen LogP contribution in [0.3, 0.4) is 0 Å². The van der Waals surface area contributed by atoms with Gasteiger partial charge in [-0.25, -0.2) is 13.9 Å². The van der Waals surface area contributed by atoms with Gasteiger partial charge in [0.25, 0.3) is 0 Å². The first-order chi connectivity index (χ1) is 11.4. The van der Waals surface area contributed by atoms with E-state index in [1.54, 1.807) is 6.20 Å². The fraction of sp³-hybridized carbons (Fsp3) is 0.533. The molecule has 24 heavy (non-hydrogen) atoms. The van der Waals surface area contributed by atoms with Gasteiger partial charge in [0.15, 0.2) is 6.29 Å². The van der Waals surface area contributed by atoms with Gasteiger partial charge in [0, 0.05) is 38.3 Å². The lowest BCUT2D eigenvalue weighted by atomic mass is 10.4. The molecule has 130 valence electrons. The predicted molar refractivity (Wildman–Crippen MR) is 88.2 cm³/mol. The van der Waals surface area contributed by atoms with E-state index < -0.39 is 10.2 Å². The summed E-state index contributed by atoms with van der Waals surface area (Å²) in [5.41, 5.74) is 0.585. The van der Waals surface area contributed by atoms with E-state index in [1.165, 1.54) is 47.6 Å². The molecular weight excluding hydrogens is 330 g/mol. The van der Waals surface area contributed by atoms with Crippen molar-refractivity contribution in [3.63, 3.8) is 0 Å². The molecule has 4 rings (SSSR count). The summed E-state index contributed by atoms with van der Waals surface area (Å²) in [5, 5.41) is 0. The highest BCUT2D eigenvalue weighted by Crippen LogP contribution is 2.39. The molecule has 0 bridgehead atoms. The van der Waals surface area contributed by atoms with Crippen LogP contribution in [0.15, 0.2) is 18.6 Å². The van der Waals surface area contributed by atoms with E-state index in [1.807, 2.05) is 0 Å². The molecule has 2 aliphatic rings. The molecule has 0 radical (unpaired) electrons. The third kappa shape index (κ3) is 3.57. The van der Waals surface area contributed by atoms with Crippen LogP contribution in [0, 0.1) is 0 Å². The van der Waals surface area contributed by atoms with Crippen LogP contribution in [0.4, 0.5) is 0 Å². The number of imidazole rings is 2. The molecule has 0 amide bonds. The van der Waals surface area contributed by atoms with E-state index in [4.69, 9.17) is 0 Å². The van der Waals surface area contributed by atoms with E-state index in [0.717, 1.165) is 25.0 Å². The van der Waals surface area contributed by atoms with Crippen LogP contribution in [-0.2, 0) is 10.2 Å². The fourth-order valence-electron chi connectivity index (χ4n) is 2.28. The van der Waals surface area contributed by atoms with Gasteiger partial charge in [0.1, 0.15) is 11.6 Å². The van der Waals surface area contributed by atoms with Gasteiger partial charge >= 0.3 is 10.2 Å². The number of rotatable bonds is 5. The standard InChI is InChI=1S/C8H13N3O2S.C7H8N2O/c1-10(2)14(12,13)11-6-5-9-8(11)7-3-4-7;10-4-6-3-8-7(9-6)5-1-2-5/h5-7H,3-4H2,1-2H3;3-5H,1-2H2,(H,8,9). The number of nitrogens with zero attached hydrogens (tertiary/aromatic N) is 4. The molecule has 0 aliphatic heterocycles. The minimum absolute atomic E-state index is 0.333. The topological polar surface area (TPSA) is 101 Å². The summed E-state index contributed by atoms with van der Waals surface area (Å²) < 4.78 is 26.1. The smallest absolute Gasteiger partial charge is 0.308 e. The van der Waals surface area contributed by atoms with E-state index in [2.05, 4.69) is 15.0 Å². The Morgan fingerprint density at radius 3 is 2.38 bits per heavy atom. The molecule has 0 aromatic carbocycles. The number of nitrogens with one attached hydrogen (secondary N) is 1. The third-order valence-corrected chi connectivity index (χ3v) is 5.72. The summed E-state index contributed by atoms with van der Waals surface area (Å²) >= 11 is 0. The maximum Gasteiger partial charge on any atom is 0.308 e. The monoisotopic (exact) mass is 351 g/mol. The van der Waals surface area contributed by atoms with E-state index >= 15 is 0 Å². The Bertz CT molecular complexity index is 816. The second-order valence-electron chi connectivity index (χ2n) is 6.26. The number of hydrogen-bond acceptors (Lipinski definition) is 5. The first kappa shape index (κ1) is 16.8. The largest absolute Gasteiger partial charge is 0.340 e. The van der Waals surface area contributed by atoms with Crippen LogP contribution in [0.5, 0.6) is 0 Å². The number of aromatic nitrogens is 4. The zero-order valence-electron chi connectivity index (χ0n) is 13.7. The van der Waals surface area contributed by atoms with Gasteiger partial charge in [-0.3, -0.25) is 4.79 Å². The highest BCUT2D eigenvalue weighted by Gasteiger charge is 2.31. The minimum Gasteiger partial charge on any atom is -0.340 e. The molecule has 0 spiro atoms. The van der Waals surface area contributed by atoms with Crippen molar-refractivity contribution in [2.24, 2.45) is 0 Å². The van der Waals surface area contributed by atoms with Gasteiger partial charge < -0.3 is 4.98 Å². The Balaban J connectivity index is 0.000000149. The van der Waals surface area contributed by atoms with Gasteiger partial charge in [-0.15, -0.1) is 0 Å². The average molecular weight is 351 g/mol. The van der Waals surface area contributed by atoms with Crippen LogP contribution < -0.4 is 0 Å². The van der Waals surface area contributed by atoms with Crippen LogP contribution in [0.25, 0.3) is 0 Å². The number of carbonyl (C=O) groups is 1. The zero-order valence-corrected chi connectivity index (χ0v) is 14.5. The number of hydrogen-bond donors (Lipinski definition) is 1. The van der Waals surface area contributed by atoms with Crippen LogP contribution >= 0.6 is 0 Å². The van der Waals surface area contributed by atoms with Crippen LogP contribution in [0.1, 0.15) is 59.7 Å². The lowest BCUT2D eigenvalue weighted by Gasteiger charge is -2.13. The second kappa shape index (κ2) is 6.48. The van der Waals surface area contributed by atoms with E-state index in [0.29, 0.717) is 23.4 Å². The van der Waals surface area contributed by atoms with Crippen molar-refractivity contribution in [3.05, 3.63) is 35.9 Å². The van der Waals surface area contributed by atoms with Gasteiger partial charge in [-0.2, -0.15) is 12.7 Å². The highest BCUT2D eigenvalue weighted by atomic mass is 32.2. The van der Waals surface area contributed by atoms with Crippen molar-refractivity contribution in [1.82, 2.24) is 23.2 Å². The molecule has 0 atom stereocenters. The third-order valence-electron chi connectivity index (χ3n) is 3.99. The summed E-state index contributed by atoms with van der Waals surface area (Å²) in [7, 11) is -0.342. The van der Waals surface area contributed by atoms with Gasteiger partial charge in [0.2, 0.25) is 0 Å². The van der Waals surface area contributed by atoms with Crippen molar-refractivity contribution in [3.8, 4) is 0 Å². The Morgan fingerprint density at radius 2 is 1.88 bits per heavy atom. The molecule has 2 aromatic heterocycles. The minimum atomic E-state index is -3.38. The normalized spacial score (nSPS) is 17.5. The maximum atomic E-state index is 11.8. The Labute approximate surface area is 141 Å². The zero-order chi connectivity index (χ0) is 17.3. The first-order valence-electron chi connectivity index (χ1n) is 7.90. The second-order valence-corrected chi connectivity index (χ2v) is 8.28. The summed E-state index contributed by atoms with van der Waals surface area (Å²) in [5.74, 6) is 2.58. The number of carbonyl (C=O) groups excluding carboxylic acids is 1. The van der Waals surface area contributed by atoms with Crippen molar-refractivity contribution in [2.45, 2.75) is 37.5 Å². The lowest BCUT2D eigenvalue weighted by molar-refractivity contribution is 0.111. The maximum absolute atomic E-state index is 11.8. The molecule has 1 N–H and O–H groups in total. The van der Waals surface area contributed by atoms with Crippen molar-refractivity contribution >= 4 is 16.5 Å². The Morgan fingerprint density at radius 1 is 1.21 bits per heavy atom. The lowest BCUT2D eigenvalue weighted by Crippen LogP contribution is -2.29. The molecule has 2 saturated carbocycles. The summed E-state index contributed by atoms with van der Waals surface area (Å²) in [6.45, 7) is 0. The first-order valence-corrected chi connectivity index (χ1v) is 9.29. The average Bonchev–Trinajstić information content (AvgIpc) is 3.49. The highest BCUT2D eigenvalue weighted by molar-refractivity contribution is 7.87. The number of H-pyrrole nitrogens is 1. The van der Waals surface area contributed by atoms with E-state index in [9.17, 15) is 13.2 Å². The van der Waals surface area contributed by atoms with Crippen LogP contribution in [0.2, 0.25) is 0 Å². The van der Waals surface area contributed by atoms with Crippen molar-refractivity contribution < 1.29 is 13.2 Å². The van der Waals surface area contributed by atoms with Crippen molar-refractivity contribution in [1.29, 1.82) is 0 Å². The molecule has 0 saturated heterocycles. The summed E-state index contributed by atoms with van der Waals surface area (Å²) in [4.78, 5) is 21.3. The SMILES string of the molecule is CN(C)S(=O)(=O)n1ccnc1C1CC1.O=Cc1cnc(C2CC2)[nH]1. The van der Waals surface area contributed by atoms with Crippen LogP contribution in [-0.4, -0.2) is 52.0 Å². The van der Waals surface area contributed by atoms with Gasteiger partial charge in [-0.05, 0) is 25.7 Å². The quantitative estimate of drug-likeness (QED) is 0.823. The molecule has 2 heterocycles. The van der Waals surface area contributed by atoms with E-state index in [-0.39, 0.29) is 0 Å². The fourth-order valence-corrected chi connectivity index (χ4v) is 3.27. The van der Waals surface area contributed by atoms with Gasteiger partial charge in [0.05, 0.1) is 11.9 Å². The summed E-state index contributed by atoms with van der Waals surface area (Å²) in [6, 6.07) is 0. The Hall–Kier alpha value is -2.00. The molecule has 0 unspecified atom stereocenters. The molecular formula is C15H21N5O3S. The van der Waals surface area contributed by atoms with Crippen molar-refractivity contribution in [2.75, 3.05) is 14.1 Å². The molecule has 8 nitrogen and oxygen atoms in total. The van der Waals surface area contributed by atoms with Gasteiger partial charge in [-0.1, -0.05) is 0 Å².